The summed E-state index contributed by atoms with van der Waals surface area (Å²) in [6.07, 6.45) is 3.09. The van der Waals surface area contributed by atoms with Crippen LogP contribution >= 0.6 is 0 Å². The van der Waals surface area contributed by atoms with Gasteiger partial charge in [-0.25, -0.2) is 4.79 Å². The fourth-order valence-corrected chi connectivity index (χ4v) is 5.84. The molecule has 1 unspecified atom stereocenters. The number of nitrogens with one attached hydrogen (secondary N) is 1. The molecule has 0 radical (unpaired) electrons. The number of quaternary nitrogens is 1. The molecule has 5 heterocycles. The van der Waals surface area contributed by atoms with Crippen molar-refractivity contribution in [2.45, 2.75) is 44.8 Å². The number of aromatic nitrogens is 1. The van der Waals surface area contributed by atoms with E-state index < -0.39 is 35.5 Å². The van der Waals surface area contributed by atoms with Crippen LogP contribution < -0.4 is 11.2 Å². The molecule has 43 heavy (non-hydrogen) atoms. The lowest BCUT2D eigenvalue weighted by Gasteiger charge is -2.35. The van der Waals surface area contributed by atoms with Crippen LogP contribution in [0.3, 0.4) is 0 Å². The molecule has 224 valence electrons. The summed E-state index contributed by atoms with van der Waals surface area (Å²) >= 11 is 0. The van der Waals surface area contributed by atoms with Crippen molar-refractivity contribution < 1.29 is 41.3 Å². The topological polar surface area (TPSA) is 152 Å². The standard InChI is InChI=1S/C28H26F3N7O5/c1-2-42-26(41)22-23(28(29,30)31)35-27(43-22)36-25(40)16-5-3-15(4-6-16)24-34-21(19-13-33-11-12-38(19,24)32)17-7-8-18-9-10-20(39)37(18)14-17/h3-6,11-13,17-18H,2,7-10,14,32H2,1H3/p+1/t17-,18+,38?/m1/s1. The van der Waals surface area contributed by atoms with Gasteiger partial charge in [-0.05, 0) is 50.5 Å². The Bertz CT molecular complexity index is 1630. The number of hydrogen-bond acceptors (Lipinski definition) is 9. The Hall–Kier alpha value is -4.63. The second-order valence-corrected chi connectivity index (χ2v) is 10.5. The lowest BCUT2D eigenvalue weighted by molar-refractivity contribution is -0.750. The Balaban J connectivity index is 1.23. The summed E-state index contributed by atoms with van der Waals surface area (Å²) in [5.41, 5.74) is 0.513. The molecule has 0 saturated carbocycles. The monoisotopic (exact) mass is 598 g/mol. The molecule has 0 bridgehead atoms. The second kappa shape index (κ2) is 10.6. The smallest absolute Gasteiger partial charge is 0.437 e. The number of carbonyl (C=O) groups excluding carboxylic acids is 3. The summed E-state index contributed by atoms with van der Waals surface area (Å²) in [5.74, 6) is 4.12. The van der Waals surface area contributed by atoms with Gasteiger partial charge in [0.05, 0.1) is 24.6 Å². The highest BCUT2D eigenvalue weighted by molar-refractivity contribution is 6.05. The van der Waals surface area contributed by atoms with Gasteiger partial charge < -0.3 is 14.1 Å². The van der Waals surface area contributed by atoms with E-state index in [1.54, 1.807) is 30.7 Å². The number of allylic oxidation sites excluding steroid dienone is 1. The summed E-state index contributed by atoms with van der Waals surface area (Å²) in [4.78, 5) is 51.6. The third-order valence-electron chi connectivity index (χ3n) is 7.91. The van der Waals surface area contributed by atoms with Crippen molar-refractivity contribution in [3.05, 3.63) is 70.6 Å². The fourth-order valence-electron chi connectivity index (χ4n) is 5.84. The van der Waals surface area contributed by atoms with Gasteiger partial charge >= 0.3 is 18.2 Å². The van der Waals surface area contributed by atoms with Gasteiger partial charge in [0.2, 0.25) is 17.4 Å². The van der Waals surface area contributed by atoms with Crippen molar-refractivity contribution in [3.8, 4) is 0 Å². The van der Waals surface area contributed by atoms with E-state index in [0.29, 0.717) is 30.1 Å². The molecule has 1 aromatic carbocycles. The molecule has 0 spiro atoms. The number of piperidine rings is 1. The number of ether oxygens (including phenoxy) is 1. The molecule has 1 aromatic heterocycles. The Morgan fingerprint density at radius 3 is 2.70 bits per heavy atom. The lowest BCUT2D eigenvalue weighted by Crippen LogP contribution is -2.53. The molecule has 3 N–H and O–H groups in total. The van der Waals surface area contributed by atoms with Gasteiger partial charge in [-0.1, -0.05) is 0 Å². The highest BCUT2D eigenvalue weighted by Gasteiger charge is 2.48. The number of aliphatic imine (C=N–C) groups is 2. The molecule has 2 aromatic rings. The SMILES string of the molecule is CCOC(=O)c1oc(NC(=O)c2ccc(C3=NC([C@@H]4CC[C@H]5CCC(=O)N5C4)=C4C=NC=C[N+]34N)cc2)nc1C(F)(F)F. The number of anilines is 1. The van der Waals surface area contributed by atoms with Crippen molar-refractivity contribution in [2.75, 3.05) is 18.5 Å². The van der Waals surface area contributed by atoms with Crippen LogP contribution in [0.1, 0.15) is 64.8 Å². The minimum Gasteiger partial charge on any atom is -0.460 e. The minimum atomic E-state index is -5.01. The number of amidine groups is 1. The number of fused-ring (bicyclic) bond motifs is 2. The average molecular weight is 599 g/mol. The number of nitrogens with zero attached hydrogens (tertiary/aromatic N) is 5. The number of carbonyl (C=O) groups is 3. The Morgan fingerprint density at radius 2 is 1.98 bits per heavy atom. The predicted molar refractivity (Wildman–Crippen MR) is 145 cm³/mol. The highest BCUT2D eigenvalue weighted by Crippen LogP contribution is 2.40. The van der Waals surface area contributed by atoms with Crippen molar-refractivity contribution in [2.24, 2.45) is 21.7 Å². The van der Waals surface area contributed by atoms with Crippen LogP contribution in [0, 0.1) is 5.92 Å². The molecule has 6 rings (SSSR count). The van der Waals surface area contributed by atoms with Crippen molar-refractivity contribution >= 4 is 35.8 Å². The Labute approximate surface area is 243 Å². The summed E-state index contributed by atoms with van der Waals surface area (Å²) in [6.45, 7) is 1.80. The number of nitrogens with two attached hydrogens (primary N) is 1. The zero-order chi connectivity index (χ0) is 30.5. The number of benzene rings is 1. The third-order valence-corrected chi connectivity index (χ3v) is 7.91. The molecule has 0 aliphatic carbocycles. The molecule has 15 heteroatoms. The van der Waals surface area contributed by atoms with Gasteiger partial charge in [0.15, 0.2) is 5.69 Å². The van der Waals surface area contributed by atoms with E-state index in [1.165, 1.54) is 19.1 Å². The predicted octanol–water partition coefficient (Wildman–Crippen LogP) is 3.74. The van der Waals surface area contributed by atoms with Gasteiger partial charge in [0.25, 0.3) is 11.7 Å². The highest BCUT2D eigenvalue weighted by atomic mass is 19.4. The summed E-state index contributed by atoms with van der Waals surface area (Å²) < 4.78 is 49.4. The molecule has 12 nitrogen and oxygen atoms in total. The van der Waals surface area contributed by atoms with E-state index in [2.05, 4.69) is 20.0 Å². The number of halogens is 3. The van der Waals surface area contributed by atoms with E-state index in [-0.39, 0.29) is 34.6 Å². The fraction of sp³-hybridized carbons (Fsp3) is 0.357. The number of alkyl halides is 3. The molecule has 4 aliphatic rings. The van der Waals surface area contributed by atoms with Crippen LogP contribution in [0.5, 0.6) is 0 Å². The number of hydrogen-bond donors (Lipinski definition) is 2. The number of oxazole rings is 1. The normalized spacial score (nSPS) is 24.6. The Kier molecular flexibility index (Phi) is 7.01. The largest absolute Gasteiger partial charge is 0.460 e. The summed E-state index contributed by atoms with van der Waals surface area (Å²) in [7, 11) is 0. The average Bonchev–Trinajstić information content (AvgIpc) is 3.66. The van der Waals surface area contributed by atoms with Crippen LogP contribution in [0.25, 0.3) is 0 Å². The van der Waals surface area contributed by atoms with Crippen molar-refractivity contribution in [3.63, 3.8) is 0 Å². The maximum Gasteiger partial charge on any atom is 0.437 e. The van der Waals surface area contributed by atoms with Crippen LogP contribution in [-0.4, -0.2) is 63.5 Å². The molecular weight excluding hydrogens is 571 g/mol. The summed E-state index contributed by atoms with van der Waals surface area (Å²) in [6, 6.07) is 5.59. The third kappa shape index (κ3) is 5.03. The molecule has 2 saturated heterocycles. The number of amides is 2. The molecular formula is C28H27F3N7O5+. The molecule has 2 amide bonds. The van der Waals surface area contributed by atoms with E-state index >= 15 is 0 Å². The first-order valence-electron chi connectivity index (χ1n) is 13.7. The maximum atomic E-state index is 13.4. The number of rotatable bonds is 6. The van der Waals surface area contributed by atoms with Crippen LogP contribution in [0.15, 0.2) is 62.5 Å². The van der Waals surface area contributed by atoms with Gasteiger partial charge in [-0.2, -0.15) is 29.0 Å². The quantitative estimate of drug-likeness (QED) is 0.292. The Morgan fingerprint density at radius 1 is 1.21 bits per heavy atom. The minimum absolute atomic E-state index is 0.0169. The zero-order valence-electron chi connectivity index (χ0n) is 22.9. The lowest BCUT2D eigenvalue weighted by atomic mass is 9.90. The molecule has 3 atom stereocenters. The van der Waals surface area contributed by atoms with Gasteiger partial charge in [-0.3, -0.25) is 19.9 Å². The van der Waals surface area contributed by atoms with Crippen molar-refractivity contribution in [1.29, 1.82) is 0 Å². The second-order valence-electron chi connectivity index (χ2n) is 10.5. The van der Waals surface area contributed by atoms with E-state index in [9.17, 15) is 27.6 Å². The van der Waals surface area contributed by atoms with Gasteiger partial charge in [0.1, 0.15) is 11.9 Å². The van der Waals surface area contributed by atoms with Gasteiger partial charge in [0, 0.05) is 30.5 Å². The van der Waals surface area contributed by atoms with Crippen LogP contribution in [0.4, 0.5) is 19.2 Å². The first-order chi connectivity index (χ1) is 20.5. The van der Waals surface area contributed by atoms with Gasteiger partial charge in [-0.15, -0.1) is 4.59 Å². The zero-order valence-corrected chi connectivity index (χ0v) is 22.9. The van der Waals surface area contributed by atoms with Crippen LogP contribution in [-0.2, 0) is 15.7 Å². The van der Waals surface area contributed by atoms with Crippen molar-refractivity contribution in [1.82, 2.24) is 9.88 Å². The van der Waals surface area contributed by atoms with E-state index in [0.717, 1.165) is 25.0 Å². The van der Waals surface area contributed by atoms with E-state index in [4.69, 9.17) is 15.3 Å². The first-order valence-corrected chi connectivity index (χ1v) is 13.7. The van der Waals surface area contributed by atoms with Crippen LogP contribution in [0.2, 0.25) is 0 Å². The molecule has 2 fully saturated rings. The first kappa shape index (κ1) is 28.5. The summed E-state index contributed by atoms with van der Waals surface area (Å²) in [5, 5.41) is 2.15. The number of esters is 1. The maximum absolute atomic E-state index is 13.4. The van der Waals surface area contributed by atoms with E-state index in [1.807, 2.05) is 4.90 Å². The molecule has 4 aliphatic heterocycles.